The fourth-order valence-corrected chi connectivity index (χ4v) is 3.26. The Hall–Kier alpha value is -2.63. The predicted octanol–water partition coefficient (Wildman–Crippen LogP) is 5.82. The van der Waals surface area contributed by atoms with Crippen molar-refractivity contribution in [2.45, 2.75) is 52.9 Å². The third-order valence-electron chi connectivity index (χ3n) is 4.78. The van der Waals surface area contributed by atoms with Crippen molar-refractivity contribution in [3.05, 3.63) is 81.2 Å². The van der Waals surface area contributed by atoms with Crippen molar-refractivity contribution in [3.63, 3.8) is 0 Å². The van der Waals surface area contributed by atoms with Crippen LogP contribution in [0.4, 0.5) is 0 Å². The lowest BCUT2D eigenvalue weighted by molar-refractivity contribution is 0.121. The normalized spacial score (nSPS) is 11.5. The SMILES string of the molecule is CCCOCc1ccc(-c2ccc(COc3cnn(C(C)(C)C)c(=O)c3Cl)cc2)cc1. The third-order valence-corrected chi connectivity index (χ3v) is 5.12. The number of ether oxygens (including phenoxy) is 2. The molecule has 0 aliphatic heterocycles. The molecule has 0 unspecified atom stereocenters. The van der Waals surface area contributed by atoms with Gasteiger partial charge in [0.15, 0.2) is 10.8 Å². The first-order valence-electron chi connectivity index (χ1n) is 10.5. The Balaban J connectivity index is 1.64. The Labute approximate surface area is 188 Å². The van der Waals surface area contributed by atoms with Crippen LogP contribution in [-0.4, -0.2) is 16.4 Å². The predicted molar refractivity (Wildman–Crippen MR) is 125 cm³/mol. The van der Waals surface area contributed by atoms with Gasteiger partial charge in [-0.2, -0.15) is 5.10 Å². The van der Waals surface area contributed by atoms with Crippen LogP contribution in [0.15, 0.2) is 59.5 Å². The molecule has 5 nitrogen and oxygen atoms in total. The first-order valence-corrected chi connectivity index (χ1v) is 10.8. The van der Waals surface area contributed by atoms with Crippen molar-refractivity contribution >= 4 is 11.6 Å². The van der Waals surface area contributed by atoms with Crippen molar-refractivity contribution < 1.29 is 9.47 Å². The summed E-state index contributed by atoms with van der Waals surface area (Å²) >= 11 is 6.22. The van der Waals surface area contributed by atoms with E-state index in [1.165, 1.54) is 16.4 Å². The second-order valence-electron chi connectivity index (χ2n) is 8.45. The highest BCUT2D eigenvalue weighted by molar-refractivity contribution is 6.31. The monoisotopic (exact) mass is 440 g/mol. The number of hydrogen-bond acceptors (Lipinski definition) is 4. The molecule has 0 saturated heterocycles. The summed E-state index contributed by atoms with van der Waals surface area (Å²) in [6, 6.07) is 16.5. The lowest BCUT2D eigenvalue weighted by atomic mass is 10.0. The van der Waals surface area contributed by atoms with Crippen molar-refractivity contribution in [2.75, 3.05) is 6.61 Å². The summed E-state index contributed by atoms with van der Waals surface area (Å²) in [5.41, 5.74) is 3.61. The minimum atomic E-state index is -0.449. The molecule has 1 heterocycles. The van der Waals surface area contributed by atoms with E-state index in [4.69, 9.17) is 21.1 Å². The average molecular weight is 441 g/mol. The van der Waals surface area contributed by atoms with Gasteiger partial charge in [0.05, 0.1) is 18.3 Å². The molecule has 1 aromatic heterocycles. The van der Waals surface area contributed by atoms with Gasteiger partial charge in [0.2, 0.25) is 0 Å². The number of benzene rings is 2. The summed E-state index contributed by atoms with van der Waals surface area (Å²) in [6.07, 6.45) is 2.52. The second-order valence-corrected chi connectivity index (χ2v) is 8.82. The summed E-state index contributed by atoms with van der Waals surface area (Å²) in [4.78, 5) is 12.4. The highest BCUT2D eigenvalue weighted by atomic mass is 35.5. The van der Waals surface area contributed by atoms with Gasteiger partial charge in [-0.15, -0.1) is 0 Å². The zero-order chi connectivity index (χ0) is 22.4. The second kappa shape index (κ2) is 10.1. The highest BCUT2D eigenvalue weighted by Crippen LogP contribution is 2.24. The van der Waals surface area contributed by atoms with E-state index in [2.05, 4.69) is 48.4 Å². The lowest BCUT2D eigenvalue weighted by Crippen LogP contribution is -2.36. The van der Waals surface area contributed by atoms with E-state index < -0.39 is 5.54 Å². The molecule has 0 aliphatic rings. The number of nitrogens with zero attached hydrogens (tertiary/aromatic N) is 2. The van der Waals surface area contributed by atoms with Crippen molar-refractivity contribution in [3.8, 4) is 16.9 Å². The number of hydrogen-bond donors (Lipinski definition) is 0. The molecule has 0 saturated carbocycles. The van der Waals surface area contributed by atoms with Gasteiger partial charge in [-0.05, 0) is 49.4 Å². The van der Waals surface area contributed by atoms with Crippen molar-refractivity contribution in [2.24, 2.45) is 0 Å². The number of halogens is 1. The van der Waals surface area contributed by atoms with Crippen LogP contribution >= 0.6 is 11.6 Å². The van der Waals surface area contributed by atoms with E-state index >= 15 is 0 Å². The number of aromatic nitrogens is 2. The zero-order valence-electron chi connectivity index (χ0n) is 18.5. The van der Waals surface area contributed by atoms with Crippen LogP contribution < -0.4 is 10.3 Å². The fraction of sp³-hybridized carbons (Fsp3) is 0.360. The molecule has 2 aromatic carbocycles. The molecular weight excluding hydrogens is 412 g/mol. The maximum Gasteiger partial charge on any atom is 0.289 e. The smallest absolute Gasteiger partial charge is 0.289 e. The van der Waals surface area contributed by atoms with Gasteiger partial charge >= 0.3 is 0 Å². The van der Waals surface area contributed by atoms with Gasteiger partial charge in [-0.25, -0.2) is 4.68 Å². The lowest BCUT2D eigenvalue weighted by Gasteiger charge is -2.21. The molecular formula is C25H29ClN2O3. The van der Waals surface area contributed by atoms with E-state index in [-0.39, 0.29) is 16.3 Å². The highest BCUT2D eigenvalue weighted by Gasteiger charge is 2.20. The van der Waals surface area contributed by atoms with Gasteiger partial charge < -0.3 is 9.47 Å². The van der Waals surface area contributed by atoms with E-state index in [1.807, 2.05) is 32.9 Å². The zero-order valence-corrected chi connectivity index (χ0v) is 19.3. The standard InChI is InChI=1S/C25H29ClN2O3/c1-5-14-30-16-18-6-10-20(11-7-18)21-12-8-19(9-13-21)17-31-22-15-27-28(25(2,3)4)24(29)23(22)26/h6-13,15H,5,14,16-17H2,1-4H3. The maximum atomic E-state index is 12.4. The van der Waals surface area contributed by atoms with Crippen LogP contribution in [0.1, 0.15) is 45.2 Å². The molecule has 0 spiro atoms. The Bertz CT molecular complexity index is 1050. The van der Waals surface area contributed by atoms with Crippen LogP contribution in [0.5, 0.6) is 5.75 Å². The first kappa shape index (κ1) is 23.0. The minimum absolute atomic E-state index is 0.0459. The van der Waals surface area contributed by atoms with Crippen LogP contribution in [0.2, 0.25) is 5.02 Å². The van der Waals surface area contributed by atoms with Crippen molar-refractivity contribution in [1.82, 2.24) is 9.78 Å². The van der Waals surface area contributed by atoms with Gasteiger partial charge in [0, 0.05) is 6.61 Å². The fourth-order valence-electron chi connectivity index (χ4n) is 3.08. The topological polar surface area (TPSA) is 53.4 Å². The summed E-state index contributed by atoms with van der Waals surface area (Å²) in [6.45, 7) is 9.51. The van der Waals surface area contributed by atoms with E-state index in [9.17, 15) is 4.79 Å². The third kappa shape index (κ3) is 5.96. The van der Waals surface area contributed by atoms with Crippen molar-refractivity contribution in [1.29, 1.82) is 0 Å². The number of rotatable bonds is 8. The summed E-state index contributed by atoms with van der Waals surface area (Å²) in [5, 5.41) is 4.24. The maximum absolute atomic E-state index is 12.4. The van der Waals surface area contributed by atoms with E-state index in [0.29, 0.717) is 13.2 Å². The molecule has 0 N–H and O–H groups in total. The molecule has 0 aliphatic carbocycles. The van der Waals surface area contributed by atoms with Gasteiger partial charge in [-0.1, -0.05) is 67.1 Å². The molecule has 31 heavy (non-hydrogen) atoms. The first-order chi connectivity index (χ1) is 14.8. The molecule has 0 radical (unpaired) electrons. The summed E-state index contributed by atoms with van der Waals surface area (Å²) in [5.74, 6) is 0.289. The molecule has 0 atom stereocenters. The quantitative estimate of drug-likeness (QED) is 0.414. The van der Waals surface area contributed by atoms with Gasteiger partial charge in [0.1, 0.15) is 6.61 Å². The average Bonchev–Trinajstić information content (AvgIpc) is 2.75. The Morgan fingerprint density at radius 2 is 1.48 bits per heavy atom. The van der Waals surface area contributed by atoms with Crippen LogP contribution in [0, 0.1) is 0 Å². The van der Waals surface area contributed by atoms with E-state index in [1.54, 1.807) is 0 Å². The molecule has 164 valence electrons. The minimum Gasteiger partial charge on any atom is -0.485 e. The molecule has 0 bridgehead atoms. The molecule has 0 fully saturated rings. The summed E-state index contributed by atoms with van der Waals surface area (Å²) < 4.78 is 12.7. The molecule has 6 heteroatoms. The van der Waals surface area contributed by atoms with Crippen LogP contribution in [0.3, 0.4) is 0 Å². The van der Waals surface area contributed by atoms with Crippen LogP contribution in [-0.2, 0) is 23.5 Å². The Morgan fingerprint density at radius 1 is 0.935 bits per heavy atom. The van der Waals surface area contributed by atoms with Gasteiger partial charge in [-0.3, -0.25) is 4.79 Å². The van der Waals surface area contributed by atoms with E-state index in [0.717, 1.165) is 29.7 Å². The molecule has 3 aromatic rings. The Morgan fingerprint density at radius 3 is 2.00 bits per heavy atom. The van der Waals surface area contributed by atoms with Crippen LogP contribution in [0.25, 0.3) is 11.1 Å². The molecule has 0 amide bonds. The summed E-state index contributed by atoms with van der Waals surface area (Å²) in [7, 11) is 0. The Kier molecular flexibility index (Phi) is 7.52. The van der Waals surface area contributed by atoms with Gasteiger partial charge in [0.25, 0.3) is 5.56 Å². The molecule has 3 rings (SSSR count). The largest absolute Gasteiger partial charge is 0.485 e.